The van der Waals surface area contributed by atoms with Gasteiger partial charge in [-0.3, -0.25) is 9.59 Å². The van der Waals surface area contributed by atoms with Gasteiger partial charge in [0.05, 0.1) is 16.2 Å². The number of hydrogen-bond donors (Lipinski definition) is 1. The van der Waals surface area contributed by atoms with Gasteiger partial charge in [0.15, 0.2) is 0 Å². The van der Waals surface area contributed by atoms with Crippen molar-refractivity contribution in [2.24, 2.45) is 5.92 Å². The van der Waals surface area contributed by atoms with Crippen molar-refractivity contribution in [1.82, 2.24) is 4.98 Å². The number of fused-ring (bicyclic) bond motifs is 5. The number of benzene rings is 1. The minimum absolute atomic E-state index is 0.0476. The van der Waals surface area contributed by atoms with Crippen molar-refractivity contribution in [3.05, 3.63) is 66.8 Å². The van der Waals surface area contributed by atoms with Crippen LogP contribution < -0.4 is 9.61 Å². The fraction of sp³-hybridized carbons (Fsp3) is 0.176. The molecule has 3 atom stereocenters. The summed E-state index contributed by atoms with van der Waals surface area (Å²) in [4.78, 5) is 29.7. The third kappa shape index (κ3) is 2.05. The number of rotatable bonds is 1. The number of carbonyl (C=O) groups is 1. The second-order valence-corrected chi connectivity index (χ2v) is 8.87. The average molecular weight is 373 g/mol. The lowest BCUT2D eigenvalue weighted by atomic mass is 9.80. The molecule has 5 rings (SSSR count). The van der Waals surface area contributed by atoms with Crippen LogP contribution in [-0.4, -0.2) is 11.0 Å². The summed E-state index contributed by atoms with van der Waals surface area (Å²) in [6.07, 6.45) is 0. The molecule has 4 heterocycles. The molecule has 0 amide bonds. The van der Waals surface area contributed by atoms with E-state index in [0.717, 1.165) is 20.3 Å². The molecule has 0 aliphatic carbocycles. The van der Waals surface area contributed by atoms with Crippen LogP contribution in [0.3, 0.4) is 0 Å². The molecular formula is C17H11NO3S3. The largest absolute Gasteiger partial charge is 0.426 e. The molecule has 7 heteroatoms. The van der Waals surface area contributed by atoms with Gasteiger partial charge in [-0.25, -0.2) is 0 Å². The lowest BCUT2D eigenvalue weighted by molar-refractivity contribution is -0.140. The van der Waals surface area contributed by atoms with Gasteiger partial charge in [-0.15, -0.1) is 11.3 Å². The van der Waals surface area contributed by atoms with E-state index in [4.69, 9.17) is 4.74 Å². The molecule has 24 heavy (non-hydrogen) atoms. The van der Waals surface area contributed by atoms with E-state index in [2.05, 4.69) is 4.98 Å². The monoisotopic (exact) mass is 373 g/mol. The number of thiophene rings is 1. The zero-order chi connectivity index (χ0) is 16.3. The Balaban J connectivity index is 1.77. The van der Waals surface area contributed by atoms with Crippen LogP contribution in [0.5, 0.6) is 5.75 Å². The van der Waals surface area contributed by atoms with Crippen LogP contribution in [0.4, 0.5) is 0 Å². The lowest BCUT2D eigenvalue weighted by Crippen LogP contribution is -2.37. The van der Waals surface area contributed by atoms with E-state index < -0.39 is 0 Å². The molecule has 2 aliphatic heterocycles. The molecule has 2 aliphatic rings. The van der Waals surface area contributed by atoms with Crippen molar-refractivity contribution < 1.29 is 9.53 Å². The molecule has 4 nitrogen and oxygen atoms in total. The van der Waals surface area contributed by atoms with E-state index in [1.165, 1.54) is 11.3 Å². The van der Waals surface area contributed by atoms with Crippen LogP contribution in [0.15, 0.2) is 51.6 Å². The molecule has 0 unspecified atom stereocenters. The third-order valence-corrected chi connectivity index (χ3v) is 7.97. The van der Waals surface area contributed by atoms with Gasteiger partial charge in [0.1, 0.15) is 5.75 Å². The first kappa shape index (κ1) is 14.5. The lowest BCUT2D eigenvalue weighted by Gasteiger charge is -2.38. The summed E-state index contributed by atoms with van der Waals surface area (Å²) < 4.78 is 5.62. The second-order valence-electron chi connectivity index (χ2n) is 5.72. The van der Waals surface area contributed by atoms with E-state index in [0.29, 0.717) is 5.75 Å². The summed E-state index contributed by atoms with van der Waals surface area (Å²) in [6.45, 7) is 0. The van der Waals surface area contributed by atoms with E-state index in [9.17, 15) is 9.59 Å². The zero-order valence-corrected chi connectivity index (χ0v) is 14.7. The quantitative estimate of drug-likeness (QED) is 0.517. The normalized spacial score (nSPS) is 24.7. The molecule has 0 saturated carbocycles. The average Bonchev–Trinajstić information content (AvgIpc) is 3.22. The maximum Gasteiger partial charge on any atom is 0.316 e. The molecular weight excluding hydrogens is 362 g/mol. The maximum absolute atomic E-state index is 12.8. The number of H-pyrrole nitrogens is 1. The van der Waals surface area contributed by atoms with Crippen LogP contribution >= 0.6 is 34.4 Å². The molecule has 0 bridgehead atoms. The molecule has 120 valence electrons. The highest BCUT2D eigenvalue weighted by Crippen LogP contribution is 2.59. The predicted molar refractivity (Wildman–Crippen MR) is 95.3 cm³/mol. The summed E-state index contributed by atoms with van der Waals surface area (Å²) in [5.41, 5.74) is 0.987. The Kier molecular flexibility index (Phi) is 3.23. The standard InChI is InChI=1S/C17H11NO3S3/c19-16-12-11(8-4-1-2-5-9(8)21-16)14-15(18-17(20)24-14)23-13(12)10-6-3-7-22-10/h1-7,11-13H,(H,18,20)/t11-,12+,13+/m0/s1. The summed E-state index contributed by atoms with van der Waals surface area (Å²) in [6, 6.07) is 11.7. The Morgan fingerprint density at radius 2 is 1.96 bits per heavy atom. The molecule has 3 aromatic rings. The second kappa shape index (κ2) is 5.34. The van der Waals surface area contributed by atoms with Crippen molar-refractivity contribution in [2.45, 2.75) is 16.2 Å². The van der Waals surface area contributed by atoms with Crippen molar-refractivity contribution >= 4 is 40.4 Å². The van der Waals surface area contributed by atoms with Gasteiger partial charge in [0.2, 0.25) is 0 Å². The van der Waals surface area contributed by atoms with E-state index in [-0.39, 0.29) is 27.9 Å². The summed E-state index contributed by atoms with van der Waals surface area (Å²) >= 11 is 4.40. The summed E-state index contributed by atoms with van der Waals surface area (Å²) in [7, 11) is 0. The summed E-state index contributed by atoms with van der Waals surface area (Å²) in [5, 5.41) is 2.85. The first-order chi connectivity index (χ1) is 11.7. The first-order valence-electron chi connectivity index (χ1n) is 7.46. The highest BCUT2D eigenvalue weighted by molar-refractivity contribution is 7.99. The Bertz CT molecular complexity index is 989. The van der Waals surface area contributed by atoms with Crippen molar-refractivity contribution in [1.29, 1.82) is 0 Å². The molecule has 0 spiro atoms. The number of para-hydroxylation sites is 1. The van der Waals surface area contributed by atoms with Gasteiger partial charge >= 0.3 is 10.8 Å². The van der Waals surface area contributed by atoms with Crippen LogP contribution in [0.25, 0.3) is 0 Å². The van der Waals surface area contributed by atoms with Gasteiger partial charge in [0, 0.05) is 21.2 Å². The Hall–Kier alpha value is -1.83. The van der Waals surface area contributed by atoms with Crippen molar-refractivity contribution in [2.75, 3.05) is 0 Å². The summed E-state index contributed by atoms with van der Waals surface area (Å²) in [5.74, 6) is -0.0549. The van der Waals surface area contributed by atoms with Gasteiger partial charge in [0.25, 0.3) is 0 Å². The highest BCUT2D eigenvalue weighted by atomic mass is 32.2. The predicted octanol–water partition coefficient (Wildman–Crippen LogP) is 4.01. The van der Waals surface area contributed by atoms with Gasteiger partial charge in [-0.05, 0) is 17.5 Å². The number of thioether (sulfide) groups is 1. The van der Waals surface area contributed by atoms with Gasteiger partial charge < -0.3 is 9.72 Å². The fourth-order valence-corrected chi connectivity index (χ4v) is 7.00. The zero-order valence-electron chi connectivity index (χ0n) is 12.2. The Morgan fingerprint density at radius 3 is 2.79 bits per heavy atom. The smallest absolute Gasteiger partial charge is 0.316 e. The molecule has 1 aromatic carbocycles. The molecule has 0 radical (unpaired) electrons. The number of hydrogen-bond acceptors (Lipinski definition) is 6. The highest BCUT2D eigenvalue weighted by Gasteiger charge is 2.49. The number of esters is 1. The van der Waals surface area contributed by atoms with E-state index >= 15 is 0 Å². The van der Waals surface area contributed by atoms with Crippen molar-refractivity contribution in [3.63, 3.8) is 0 Å². The van der Waals surface area contributed by atoms with E-state index in [1.54, 1.807) is 23.1 Å². The molecule has 0 fully saturated rings. The van der Waals surface area contributed by atoms with E-state index in [1.807, 2.05) is 41.8 Å². The number of nitrogens with one attached hydrogen (secondary N) is 1. The Morgan fingerprint density at radius 1 is 1.08 bits per heavy atom. The van der Waals surface area contributed by atoms with Crippen molar-refractivity contribution in [3.8, 4) is 5.75 Å². The third-order valence-electron chi connectivity index (χ3n) is 4.42. The van der Waals surface area contributed by atoms with Crippen LogP contribution in [-0.2, 0) is 4.79 Å². The molecule has 2 aromatic heterocycles. The SMILES string of the molecule is O=C1Oc2ccccc2[C@@H]2c3sc(=O)[nH]c3S[C@H](c3cccs3)[C@H]12. The molecule has 1 N–H and O–H groups in total. The number of carbonyl (C=O) groups excluding carboxylic acids is 1. The minimum atomic E-state index is -0.317. The van der Waals surface area contributed by atoms with Crippen LogP contribution in [0, 0.1) is 5.92 Å². The Labute approximate surface area is 149 Å². The number of thiazole rings is 1. The fourth-order valence-electron chi connectivity index (χ4n) is 3.45. The van der Waals surface area contributed by atoms with Gasteiger partial charge in [-0.2, -0.15) is 0 Å². The number of ether oxygens (including phenoxy) is 1. The number of aromatic amines is 1. The van der Waals surface area contributed by atoms with Crippen LogP contribution in [0.1, 0.15) is 26.5 Å². The number of aromatic nitrogens is 1. The molecule has 0 saturated heterocycles. The minimum Gasteiger partial charge on any atom is -0.426 e. The van der Waals surface area contributed by atoms with Crippen LogP contribution in [0.2, 0.25) is 0 Å². The van der Waals surface area contributed by atoms with Gasteiger partial charge in [-0.1, -0.05) is 47.4 Å². The maximum atomic E-state index is 12.8. The topological polar surface area (TPSA) is 59.2 Å². The first-order valence-corrected chi connectivity index (χ1v) is 10.0.